The van der Waals surface area contributed by atoms with Crippen molar-refractivity contribution in [2.75, 3.05) is 24.5 Å². The van der Waals surface area contributed by atoms with E-state index < -0.39 is 6.10 Å². The highest BCUT2D eigenvalue weighted by molar-refractivity contribution is 5.85. The van der Waals surface area contributed by atoms with Crippen LogP contribution in [0.2, 0.25) is 0 Å². The van der Waals surface area contributed by atoms with Crippen molar-refractivity contribution in [2.24, 2.45) is 0 Å². The van der Waals surface area contributed by atoms with E-state index in [2.05, 4.69) is 29.3 Å². The van der Waals surface area contributed by atoms with Gasteiger partial charge in [-0.1, -0.05) is 42.5 Å². The molecule has 1 aliphatic rings. The molecule has 2 aromatic rings. The van der Waals surface area contributed by atoms with Gasteiger partial charge in [0, 0.05) is 31.4 Å². The van der Waals surface area contributed by atoms with Gasteiger partial charge in [-0.25, -0.2) is 0 Å². The average molecular weight is 319 g/mol. The lowest BCUT2D eigenvalue weighted by Gasteiger charge is -2.36. The molecule has 0 aromatic heterocycles. The maximum absolute atomic E-state index is 10.4. The molecule has 22 heavy (non-hydrogen) atoms. The van der Waals surface area contributed by atoms with Gasteiger partial charge in [0.15, 0.2) is 0 Å². The normalized spacial score (nSPS) is 19.4. The Hall–Kier alpha value is -1.55. The Bertz CT molecular complexity index is 573. The van der Waals surface area contributed by atoms with Crippen LogP contribution in [0.4, 0.5) is 5.69 Å². The maximum Gasteiger partial charge on any atom is 0.104 e. The number of hydrogen-bond donors (Lipinski definition) is 2. The molecule has 0 saturated carbocycles. The molecule has 2 atom stereocenters. The second kappa shape index (κ2) is 7.63. The molecule has 2 N–H and O–H groups in total. The van der Waals surface area contributed by atoms with Crippen molar-refractivity contribution in [3.05, 3.63) is 65.7 Å². The monoisotopic (exact) mass is 318 g/mol. The van der Waals surface area contributed by atoms with Crippen LogP contribution in [-0.4, -0.2) is 30.8 Å². The van der Waals surface area contributed by atoms with Crippen LogP contribution < -0.4 is 10.2 Å². The number of halogens is 1. The molecular weight excluding hydrogens is 296 g/mol. The first-order valence-electron chi connectivity index (χ1n) is 7.56. The zero-order valence-corrected chi connectivity index (χ0v) is 13.6. The molecule has 0 spiro atoms. The van der Waals surface area contributed by atoms with Gasteiger partial charge in [-0.15, -0.1) is 12.4 Å². The van der Waals surface area contributed by atoms with Gasteiger partial charge in [0.2, 0.25) is 0 Å². The number of anilines is 1. The molecule has 2 unspecified atom stereocenters. The molecule has 0 radical (unpaired) electrons. The van der Waals surface area contributed by atoms with Crippen molar-refractivity contribution in [2.45, 2.75) is 19.1 Å². The third kappa shape index (κ3) is 3.61. The van der Waals surface area contributed by atoms with E-state index in [4.69, 9.17) is 0 Å². The van der Waals surface area contributed by atoms with Crippen LogP contribution in [-0.2, 0) is 0 Å². The molecule has 3 rings (SSSR count). The molecule has 0 aliphatic carbocycles. The molecule has 4 heteroatoms. The quantitative estimate of drug-likeness (QED) is 0.913. The van der Waals surface area contributed by atoms with Crippen LogP contribution in [0.1, 0.15) is 24.2 Å². The number of aliphatic hydroxyl groups is 1. The third-order valence-electron chi connectivity index (χ3n) is 4.16. The molecule has 0 bridgehead atoms. The molecule has 2 aromatic carbocycles. The summed E-state index contributed by atoms with van der Waals surface area (Å²) in [5.41, 5.74) is 3.10. The lowest BCUT2D eigenvalue weighted by atomic mass is 10.0. The summed E-state index contributed by atoms with van der Waals surface area (Å²) >= 11 is 0. The first kappa shape index (κ1) is 16.8. The number of hydrogen-bond acceptors (Lipinski definition) is 3. The minimum Gasteiger partial charge on any atom is -0.384 e. The largest absolute Gasteiger partial charge is 0.384 e. The second-order valence-corrected chi connectivity index (χ2v) is 5.65. The van der Waals surface area contributed by atoms with E-state index in [1.807, 2.05) is 42.5 Å². The Labute approximate surface area is 138 Å². The van der Waals surface area contributed by atoms with Crippen molar-refractivity contribution in [3.8, 4) is 0 Å². The highest BCUT2D eigenvalue weighted by Crippen LogP contribution is 2.25. The van der Waals surface area contributed by atoms with Crippen LogP contribution >= 0.6 is 12.4 Å². The fraction of sp³-hybridized carbons (Fsp3) is 0.333. The van der Waals surface area contributed by atoms with E-state index in [1.54, 1.807) is 0 Å². The zero-order chi connectivity index (χ0) is 14.7. The molecule has 1 saturated heterocycles. The standard InChI is InChI=1S/C18H22N2O.ClH/c1-14-13-19-11-12-20(14)17-9-7-16(8-10-17)18(21)15-5-3-2-4-6-15;/h2-10,14,18-19,21H,11-13H2,1H3;1H. The number of nitrogens with one attached hydrogen (secondary N) is 1. The smallest absolute Gasteiger partial charge is 0.104 e. The Balaban J connectivity index is 0.00000176. The Morgan fingerprint density at radius 3 is 2.32 bits per heavy atom. The minimum atomic E-state index is -0.555. The lowest BCUT2D eigenvalue weighted by molar-refractivity contribution is 0.220. The van der Waals surface area contributed by atoms with Crippen molar-refractivity contribution < 1.29 is 5.11 Å². The summed E-state index contributed by atoms with van der Waals surface area (Å²) in [6.45, 7) is 5.31. The van der Waals surface area contributed by atoms with Crippen LogP contribution in [0.5, 0.6) is 0 Å². The van der Waals surface area contributed by atoms with Crippen LogP contribution in [0.25, 0.3) is 0 Å². The lowest BCUT2D eigenvalue weighted by Crippen LogP contribution is -2.49. The summed E-state index contributed by atoms with van der Waals surface area (Å²) in [4.78, 5) is 2.41. The maximum atomic E-state index is 10.4. The highest BCUT2D eigenvalue weighted by atomic mass is 35.5. The van der Waals surface area contributed by atoms with E-state index in [1.165, 1.54) is 5.69 Å². The first-order valence-corrected chi connectivity index (χ1v) is 7.56. The molecule has 1 heterocycles. The van der Waals surface area contributed by atoms with Crippen LogP contribution in [0, 0.1) is 0 Å². The van der Waals surface area contributed by atoms with E-state index in [9.17, 15) is 5.11 Å². The molecule has 1 aliphatic heterocycles. The summed E-state index contributed by atoms with van der Waals surface area (Å²) in [5.74, 6) is 0. The zero-order valence-electron chi connectivity index (χ0n) is 12.8. The van der Waals surface area contributed by atoms with E-state index in [-0.39, 0.29) is 12.4 Å². The second-order valence-electron chi connectivity index (χ2n) is 5.65. The predicted molar refractivity (Wildman–Crippen MR) is 93.9 cm³/mol. The number of nitrogens with zero attached hydrogens (tertiary/aromatic N) is 1. The Morgan fingerprint density at radius 1 is 1.05 bits per heavy atom. The van der Waals surface area contributed by atoms with Crippen molar-refractivity contribution in [1.29, 1.82) is 0 Å². The molecule has 1 fully saturated rings. The van der Waals surface area contributed by atoms with Crippen molar-refractivity contribution in [3.63, 3.8) is 0 Å². The average Bonchev–Trinajstić information content (AvgIpc) is 2.56. The number of piperazine rings is 1. The van der Waals surface area contributed by atoms with Gasteiger partial charge in [-0.3, -0.25) is 0 Å². The highest BCUT2D eigenvalue weighted by Gasteiger charge is 2.18. The van der Waals surface area contributed by atoms with Gasteiger partial charge in [0.25, 0.3) is 0 Å². The van der Waals surface area contributed by atoms with Crippen LogP contribution in [0.3, 0.4) is 0 Å². The molecule has 0 amide bonds. The fourth-order valence-corrected chi connectivity index (χ4v) is 2.90. The summed E-state index contributed by atoms with van der Waals surface area (Å²) in [6.07, 6.45) is -0.555. The van der Waals surface area contributed by atoms with Gasteiger partial charge in [-0.05, 0) is 30.2 Å². The Morgan fingerprint density at radius 2 is 1.68 bits per heavy atom. The fourth-order valence-electron chi connectivity index (χ4n) is 2.90. The SMILES string of the molecule is CC1CNCCN1c1ccc(C(O)c2ccccc2)cc1.Cl. The molecule has 3 nitrogen and oxygen atoms in total. The van der Waals surface area contributed by atoms with E-state index in [0.29, 0.717) is 6.04 Å². The number of rotatable bonds is 3. The molecule has 118 valence electrons. The van der Waals surface area contributed by atoms with Gasteiger partial charge in [-0.2, -0.15) is 0 Å². The van der Waals surface area contributed by atoms with E-state index in [0.717, 1.165) is 30.8 Å². The third-order valence-corrected chi connectivity index (χ3v) is 4.16. The molecular formula is C18H23ClN2O. The minimum absolute atomic E-state index is 0. The van der Waals surface area contributed by atoms with Gasteiger partial charge >= 0.3 is 0 Å². The van der Waals surface area contributed by atoms with Crippen molar-refractivity contribution in [1.82, 2.24) is 5.32 Å². The summed E-state index contributed by atoms with van der Waals surface area (Å²) < 4.78 is 0. The van der Waals surface area contributed by atoms with Crippen molar-refractivity contribution >= 4 is 18.1 Å². The van der Waals surface area contributed by atoms with Crippen LogP contribution in [0.15, 0.2) is 54.6 Å². The number of aliphatic hydroxyl groups excluding tert-OH is 1. The van der Waals surface area contributed by atoms with Gasteiger partial charge < -0.3 is 15.3 Å². The summed E-state index contributed by atoms with van der Waals surface area (Å²) in [7, 11) is 0. The topological polar surface area (TPSA) is 35.5 Å². The summed E-state index contributed by atoms with van der Waals surface area (Å²) in [6, 6.07) is 18.6. The number of benzene rings is 2. The van der Waals surface area contributed by atoms with Gasteiger partial charge in [0.05, 0.1) is 0 Å². The first-order chi connectivity index (χ1) is 10.3. The predicted octanol–water partition coefficient (Wildman–Crippen LogP) is 2.99. The van der Waals surface area contributed by atoms with Gasteiger partial charge in [0.1, 0.15) is 6.10 Å². The van der Waals surface area contributed by atoms with E-state index >= 15 is 0 Å². The Kier molecular flexibility index (Phi) is 5.83. The summed E-state index contributed by atoms with van der Waals surface area (Å²) in [5, 5.41) is 13.8.